The third-order valence-corrected chi connectivity index (χ3v) is 3.20. The average molecular weight is 264 g/mol. The van der Waals surface area contributed by atoms with E-state index < -0.39 is 0 Å². The number of hydrogen-bond acceptors (Lipinski definition) is 5. The first-order valence-corrected chi connectivity index (χ1v) is 6.60. The number of anilines is 1. The fraction of sp³-hybridized carbons (Fsp3) is 0.615. The Bertz CT molecular complexity index is 399. The number of nitrogens with zero attached hydrogens (tertiary/aromatic N) is 3. The highest BCUT2D eigenvalue weighted by Gasteiger charge is 2.19. The lowest BCUT2D eigenvalue weighted by Crippen LogP contribution is -2.37. The maximum atomic E-state index is 11.5. The molecule has 1 aliphatic rings. The van der Waals surface area contributed by atoms with E-state index in [1.807, 2.05) is 6.07 Å². The van der Waals surface area contributed by atoms with Gasteiger partial charge in [-0.1, -0.05) is 0 Å². The Morgan fingerprint density at radius 2 is 2.21 bits per heavy atom. The van der Waals surface area contributed by atoms with E-state index in [0.29, 0.717) is 0 Å². The van der Waals surface area contributed by atoms with Gasteiger partial charge in [0.2, 0.25) is 11.9 Å². The molecule has 1 N–H and O–H groups in total. The molecule has 0 spiro atoms. The van der Waals surface area contributed by atoms with E-state index >= 15 is 0 Å². The summed E-state index contributed by atoms with van der Waals surface area (Å²) in [5.74, 6) is 0.725. The summed E-state index contributed by atoms with van der Waals surface area (Å²) in [6, 6.07) is 2.03. The zero-order valence-electron chi connectivity index (χ0n) is 11.2. The zero-order valence-corrected chi connectivity index (χ0v) is 11.2. The molecule has 1 saturated heterocycles. The van der Waals surface area contributed by atoms with E-state index in [1.54, 1.807) is 12.4 Å². The Morgan fingerprint density at radius 3 is 2.95 bits per heavy atom. The first-order chi connectivity index (χ1) is 9.29. The Hall–Kier alpha value is -1.69. The van der Waals surface area contributed by atoms with E-state index in [1.165, 1.54) is 7.11 Å². The molecule has 0 bridgehead atoms. The number of nitrogens with one attached hydrogen (secondary N) is 1. The second-order valence-electron chi connectivity index (χ2n) is 4.66. The highest BCUT2D eigenvalue weighted by Crippen LogP contribution is 2.15. The third-order valence-electron chi connectivity index (χ3n) is 3.20. The number of carbonyl (C=O) groups excluding carboxylic acids is 1. The van der Waals surface area contributed by atoms with Crippen LogP contribution in [-0.2, 0) is 9.53 Å². The van der Waals surface area contributed by atoms with Crippen molar-refractivity contribution in [2.45, 2.75) is 25.3 Å². The minimum Gasteiger partial charge on any atom is -0.375 e. The quantitative estimate of drug-likeness (QED) is 0.862. The largest absolute Gasteiger partial charge is 0.375 e. The molecule has 2 heterocycles. The standard InChI is InChI=1S/C13H20N4O2/c1-19-10-12(18)16-11-4-2-8-17(9-5-11)13-14-6-3-7-15-13/h3,6-7,11H,2,4-5,8-10H2,1H3,(H,16,18). The SMILES string of the molecule is COCC(=O)NC1CCCN(c2ncccn2)CC1. The fourth-order valence-electron chi connectivity index (χ4n) is 2.30. The van der Waals surface area contributed by atoms with Gasteiger partial charge in [0.25, 0.3) is 0 Å². The molecule has 0 radical (unpaired) electrons. The molecule has 0 aromatic carbocycles. The van der Waals surface area contributed by atoms with Crippen LogP contribution in [0, 0.1) is 0 Å². The Balaban J connectivity index is 1.86. The maximum Gasteiger partial charge on any atom is 0.246 e. The van der Waals surface area contributed by atoms with Crippen LogP contribution >= 0.6 is 0 Å². The molecule has 19 heavy (non-hydrogen) atoms. The van der Waals surface area contributed by atoms with Gasteiger partial charge in [0.05, 0.1) is 0 Å². The van der Waals surface area contributed by atoms with E-state index in [0.717, 1.165) is 38.3 Å². The van der Waals surface area contributed by atoms with Gasteiger partial charge in [-0.05, 0) is 25.3 Å². The molecule has 1 amide bonds. The number of hydrogen-bond donors (Lipinski definition) is 1. The summed E-state index contributed by atoms with van der Waals surface area (Å²) < 4.78 is 4.82. The van der Waals surface area contributed by atoms with Gasteiger partial charge in [-0.25, -0.2) is 9.97 Å². The van der Waals surface area contributed by atoms with Crippen LogP contribution in [0.25, 0.3) is 0 Å². The van der Waals surface area contributed by atoms with Gasteiger partial charge in [0.15, 0.2) is 0 Å². The van der Waals surface area contributed by atoms with E-state index in [-0.39, 0.29) is 18.6 Å². The van der Waals surface area contributed by atoms with Crippen molar-refractivity contribution in [3.05, 3.63) is 18.5 Å². The van der Waals surface area contributed by atoms with Crippen LogP contribution in [0.1, 0.15) is 19.3 Å². The van der Waals surface area contributed by atoms with Crippen molar-refractivity contribution in [3.63, 3.8) is 0 Å². The number of methoxy groups -OCH3 is 1. The van der Waals surface area contributed by atoms with Crippen LogP contribution in [0.5, 0.6) is 0 Å². The number of aromatic nitrogens is 2. The summed E-state index contributed by atoms with van der Waals surface area (Å²) in [7, 11) is 1.53. The molecule has 0 aliphatic carbocycles. The molecule has 1 unspecified atom stereocenters. The van der Waals surface area contributed by atoms with Gasteiger partial charge < -0.3 is 15.0 Å². The topological polar surface area (TPSA) is 67.3 Å². The van der Waals surface area contributed by atoms with Crippen LogP contribution in [0.2, 0.25) is 0 Å². The van der Waals surface area contributed by atoms with Gasteiger partial charge in [-0.2, -0.15) is 0 Å². The smallest absolute Gasteiger partial charge is 0.246 e. The lowest BCUT2D eigenvalue weighted by Gasteiger charge is -2.20. The minimum atomic E-state index is -0.0445. The number of carbonyl (C=O) groups is 1. The van der Waals surface area contributed by atoms with Crippen molar-refractivity contribution in [1.82, 2.24) is 15.3 Å². The van der Waals surface area contributed by atoms with Crippen molar-refractivity contribution < 1.29 is 9.53 Å². The van der Waals surface area contributed by atoms with Crippen LogP contribution in [0.3, 0.4) is 0 Å². The molecule has 1 atom stereocenters. The Kier molecular flexibility index (Phi) is 5.09. The summed E-state index contributed by atoms with van der Waals surface area (Å²) in [6.45, 7) is 1.92. The molecule has 104 valence electrons. The van der Waals surface area contributed by atoms with Crippen LogP contribution in [-0.4, -0.2) is 48.7 Å². The molecule has 0 saturated carbocycles. The molecule has 1 aromatic heterocycles. The van der Waals surface area contributed by atoms with Crippen LogP contribution < -0.4 is 10.2 Å². The van der Waals surface area contributed by atoms with Crippen molar-refractivity contribution in [1.29, 1.82) is 0 Å². The minimum absolute atomic E-state index is 0.0445. The molecule has 1 aromatic rings. The first kappa shape index (κ1) is 13.7. The Morgan fingerprint density at radius 1 is 1.42 bits per heavy atom. The van der Waals surface area contributed by atoms with Crippen molar-refractivity contribution >= 4 is 11.9 Å². The molecule has 6 nitrogen and oxygen atoms in total. The van der Waals surface area contributed by atoms with Gasteiger partial charge >= 0.3 is 0 Å². The van der Waals surface area contributed by atoms with Gasteiger partial charge in [0.1, 0.15) is 6.61 Å². The summed E-state index contributed by atoms with van der Waals surface area (Å²) in [6.07, 6.45) is 6.43. The fourth-order valence-corrected chi connectivity index (χ4v) is 2.30. The van der Waals surface area contributed by atoms with E-state index in [9.17, 15) is 4.79 Å². The summed E-state index contributed by atoms with van der Waals surface area (Å²) in [5.41, 5.74) is 0. The highest BCUT2D eigenvalue weighted by molar-refractivity contribution is 5.77. The first-order valence-electron chi connectivity index (χ1n) is 6.60. The van der Waals surface area contributed by atoms with Gasteiger partial charge in [-0.15, -0.1) is 0 Å². The number of rotatable bonds is 4. The number of amides is 1. The average Bonchev–Trinajstić information content (AvgIpc) is 2.66. The lowest BCUT2D eigenvalue weighted by molar-refractivity contribution is -0.125. The number of ether oxygens (including phenoxy) is 1. The predicted octanol–water partition coefficient (Wildman–Crippen LogP) is 0.598. The molecule has 1 aliphatic heterocycles. The lowest BCUT2D eigenvalue weighted by atomic mass is 10.1. The van der Waals surface area contributed by atoms with Crippen molar-refractivity contribution in [2.24, 2.45) is 0 Å². The van der Waals surface area contributed by atoms with Crippen LogP contribution in [0.4, 0.5) is 5.95 Å². The molecular formula is C13H20N4O2. The van der Waals surface area contributed by atoms with Crippen molar-refractivity contribution in [3.8, 4) is 0 Å². The predicted molar refractivity (Wildman–Crippen MR) is 71.9 cm³/mol. The molecule has 1 fully saturated rings. The molecule has 2 rings (SSSR count). The zero-order chi connectivity index (χ0) is 13.5. The van der Waals surface area contributed by atoms with Gasteiger partial charge in [-0.3, -0.25) is 4.79 Å². The van der Waals surface area contributed by atoms with E-state index in [2.05, 4.69) is 20.2 Å². The highest BCUT2D eigenvalue weighted by atomic mass is 16.5. The van der Waals surface area contributed by atoms with Crippen LogP contribution in [0.15, 0.2) is 18.5 Å². The third kappa shape index (κ3) is 4.17. The Labute approximate surface area is 113 Å². The summed E-state index contributed by atoms with van der Waals surface area (Å²) in [5, 5.41) is 3.00. The molecule has 6 heteroatoms. The normalized spacial score (nSPS) is 19.8. The monoisotopic (exact) mass is 264 g/mol. The van der Waals surface area contributed by atoms with Gasteiger partial charge in [0, 0.05) is 38.6 Å². The summed E-state index contributed by atoms with van der Waals surface area (Å²) >= 11 is 0. The maximum absolute atomic E-state index is 11.5. The van der Waals surface area contributed by atoms with Crippen molar-refractivity contribution in [2.75, 3.05) is 31.7 Å². The second-order valence-corrected chi connectivity index (χ2v) is 4.66. The van der Waals surface area contributed by atoms with E-state index in [4.69, 9.17) is 4.74 Å². The summed E-state index contributed by atoms with van der Waals surface area (Å²) in [4.78, 5) is 22.2. The molecular weight excluding hydrogens is 244 g/mol. The second kappa shape index (κ2) is 7.04.